The van der Waals surface area contributed by atoms with Crippen LogP contribution in [0, 0.1) is 5.41 Å². The van der Waals surface area contributed by atoms with E-state index in [9.17, 15) is 9.90 Å². The molecule has 110 valence electrons. The summed E-state index contributed by atoms with van der Waals surface area (Å²) in [5.41, 5.74) is 0.151. The molecule has 2 N–H and O–H groups in total. The minimum atomic E-state index is -0.758. The molecule has 1 aromatic rings. The second-order valence-corrected chi connectivity index (χ2v) is 7.41. The first-order valence-electron chi connectivity index (χ1n) is 7.07. The molecule has 20 heavy (non-hydrogen) atoms. The van der Waals surface area contributed by atoms with E-state index in [-0.39, 0.29) is 5.91 Å². The molecule has 0 unspecified atom stereocenters. The molecule has 0 spiro atoms. The second-order valence-electron chi connectivity index (χ2n) is 6.55. The Kier molecular flexibility index (Phi) is 4.55. The predicted molar refractivity (Wildman–Crippen MR) is 83.7 cm³/mol. The molecule has 1 fully saturated rings. The second kappa shape index (κ2) is 5.86. The molecule has 0 aromatic heterocycles. The first kappa shape index (κ1) is 15.5. The molecule has 1 amide bonds. The zero-order chi connectivity index (χ0) is 14.8. The highest BCUT2D eigenvalue weighted by molar-refractivity contribution is 9.10. The Morgan fingerprint density at radius 3 is 2.45 bits per heavy atom. The van der Waals surface area contributed by atoms with Gasteiger partial charge in [0.1, 0.15) is 0 Å². The van der Waals surface area contributed by atoms with Crippen molar-refractivity contribution in [1.82, 2.24) is 5.32 Å². The van der Waals surface area contributed by atoms with Crippen LogP contribution in [0.3, 0.4) is 0 Å². The largest absolute Gasteiger partial charge is 0.388 e. The average Bonchev–Trinajstić information content (AvgIpc) is 2.41. The summed E-state index contributed by atoms with van der Waals surface area (Å²) >= 11 is 3.37. The van der Waals surface area contributed by atoms with Crippen LogP contribution in [0.15, 0.2) is 28.7 Å². The first-order chi connectivity index (χ1) is 9.31. The summed E-state index contributed by atoms with van der Waals surface area (Å²) < 4.78 is 0.772. The highest BCUT2D eigenvalue weighted by Crippen LogP contribution is 2.39. The number of rotatable bonds is 3. The predicted octanol–water partition coefficient (Wildman–Crippen LogP) is 3.51. The van der Waals surface area contributed by atoms with Crippen molar-refractivity contribution >= 4 is 21.8 Å². The standard InChI is InChI=1S/C16H22BrNO2/c1-15(2)7-9-16(20,10-8-15)11-18-14(19)12-5-3-4-6-13(12)17/h3-6,20H,7-11H2,1-2H3,(H,18,19). The van der Waals surface area contributed by atoms with Crippen molar-refractivity contribution < 1.29 is 9.90 Å². The lowest BCUT2D eigenvalue weighted by Crippen LogP contribution is -2.46. The molecule has 0 bridgehead atoms. The molecule has 1 aliphatic rings. The van der Waals surface area contributed by atoms with Gasteiger partial charge >= 0.3 is 0 Å². The zero-order valence-corrected chi connectivity index (χ0v) is 13.7. The maximum absolute atomic E-state index is 12.1. The van der Waals surface area contributed by atoms with Crippen molar-refractivity contribution in [2.24, 2.45) is 5.41 Å². The van der Waals surface area contributed by atoms with Crippen LogP contribution in [-0.4, -0.2) is 23.2 Å². The van der Waals surface area contributed by atoms with Crippen LogP contribution < -0.4 is 5.32 Å². The van der Waals surface area contributed by atoms with Gasteiger partial charge in [0.05, 0.1) is 11.2 Å². The van der Waals surface area contributed by atoms with E-state index in [1.165, 1.54) is 0 Å². The summed E-state index contributed by atoms with van der Waals surface area (Å²) in [6, 6.07) is 7.31. The van der Waals surface area contributed by atoms with E-state index in [4.69, 9.17) is 0 Å². The van der Waals surface area contributed by atoms with Crippen LogP contribution in [-0.2, 0) is 0 Å². The van der Waals surface area contributed by atoms with E-state index in [0.717, 1.165) is 30.2 Å². The Bertz CT molecular complexity index is 489. The SMILES string of the molecule is CC1(C)CCC(O)(CNC(=O)c2ccccc2Br)CC1. The van der Waals surface area contributed by atoms with E-state index in [1.54, 1.807) is 6.07 Å². The molecule has 0 radical (unpaired) electrons. The summed E-state index contributed by atoms with van der Waals surface area (Å²) in [4.78, 5) is 12.1. The molecule has 4 heteroatoms. The molecule has 1 aliphatic carbocycles. The van der Waals surface area contributed by atoms with E-state index in [0.29, 0.717) is 17.5 Å². The summed E-state index contributed by atoms with van der Waals surface area (Å²) in [7, 11) is 0. The summed E-state index contributed by atoms with van der Waals surface area (Å²) in [6.07, 6.45) is 3.48. The van der Waals surface area contributed by atoms with Crippen molar-refractivity contribution in [3.63, 3.8) is 0 Å². The number of amides is 1. The molecular weight excluding hydrogens is 318 g/mol. The Labute approximate surface area is 128 Å². The smallest absolute Gasteiger partial charge is 0.252 e. The van der Waals surface area contributed by atoms with Crippen LogP contribution in [0.4, 0.5) is 0 Å². The zero-order valence-electron chi connectivity index (χ0n) is 12.1. The number of halogens is 1. The normalized spacial score (nSPS) is 20.4. The van der Waals surface area contributed by atoms with Crippen molar-refractivity contribution in [3.8, 4) is 0 Å². The number of carbonyl (C=O) groups excluding carboxylic acids is 1. The Morgan fingerprint density at radius 1 is 1.25 bits per heavy atom. The van der Waals surface area contributed by atoms with E-state index in [2.05, 4.69) is 35.1 Å². The quantitative estimate of drug-likeness (QED) is 0.885. The van der Waals surface area contributed by atoms with Crippen molar-refractivity contribution in [2.75, 3.05) is 6.54 Å². The van der Waals surface area contributed by atoms with Crippen LogP contribution in [0.2, 0.25) is 0 Å². The molecule has 3 nitrogen and oxygen atoms in total. The van der Waals surface area contributed by atoms with Crippen LogP contribution in [0.5, 0.6) is 0 Å². The number of nitrogens with one attached hydrogen (secondary N) is 1. The topological polar surface area (TPSA) is 49.3 Å². The number of hydrogen-bond donors (Lipinski definition) is 2. The fraction of sp³-hybridized carbons (Fsp3) is 0.562. The van der Waals surface area contributed by atoms with Gasteiger partial charge in [-0.2, -0.15) is 0 Å². The molecule has 0 atom stereocenters. The minimum absolute atomic E-state index is 0.143. The van der Waals surface area contributed by atoms with Gasteiger partial charge in [0.25, 0.3) is 5.91 Å². The van der Waals surface area contributed by atoms with Gasteiger partial charge in [-0.05, 0) is 59.2 Å². The highest BCUT2D eigenvalue weighted by Gasteiger charge is 2.36. The highest BCUT2D eigenvalue weighted by atomic mass is 79.9. The molecule has 2 rings (SSSR count). The summed E-state index contributed by atoms with van der Waals surface area (Å²) in [5.74, 6) is -0.143. The van der Waals surface area contributed by atoms with Gasteiger partial charge in [-0.25, -0.2) is 0 Å². The van der Waals surface area contributed by atoms with Crippen LogP contribution in [0.1, 0.15) is 49.9 Å². The summed E-state index contributed by atoms with van der Waals surface area (Å²) in [5, 5.41) is 13.4. The first-order valence-corrected chi connectivity index (χ1v) is 7.86. The molecule has 1 aromatic carbocycles. The fourth-order valence-electron chi connectivity index (χ4n) is 2.55. The molecular formula is C16H22BrNO2. The monoisotopic (exact) mass is 339 g/mol. The Morgan fingerprint density at radius 2 is 1.85 bits per heavy atom. The molecule has 0 aliphatic heterocycles. The lowest BCUT2D eigenvalue weighted by atomic mass is 9.71. The Balaban J connectivity index is 1.92. The van der Waals surface area contributed by atoms with Gasteiger partial charge in [-0.3, -0.25) is 4.79 Å². The van der Waals surface area contributed by atoms with Gasteiger partial charge in [-0.1, -0.05) is 26.0 Å². The van der Waals surface area contributed by atoms with Crippen LogP contribution in [0.25, 0.3) is 0 Å². The van der Waals surface area contributed by atoms with Gasteiger partial charge in [0.15, 0.2) is 0 Å². The minimum Gasteiger partial charge on any atom is -0.388 e. The third kappa shape index (κ3) is 3.83. The number of carbonyl (C=O) groups is 1. The number of benzene rings is 1. The van der Waals surface area contributed by atoms with Crippen molar-refractivity contribution in [2.45, 2.75) is 45.1 Å². The molecule has 0 heterocycles. The van der Waals surface area contributed by atoms with Gasteiger partial charge < -0.3 is 10.4 Å². The van der Waals surface area contributed by atoms with Crippen molar-refractivity contribution in [1.29, 1.82) is 0 Å². The maximum atomic E-state index is 12.1. The lowest BCUT2D eigenvalue weighted by molar-refractivity contribution is -0.0233. The molecule has 0 saturated heterocycles. The van der Waals surface area contributed by atoms with Crippen LogP contribution >= 0.6 is 15.9 Å². The fourth-order valence-corrected chi connectivity index (χ4v) is 3.02. The molecule has 1 saturated carbocycles. The van der Waals surface area contributed by atoms with Gasteiger partial charge in [0, 0.05) is 11.0 Å². The van der Waals surface area contributed by atoms with E-state index in [1.807, 2.05) is 18.2 Å². The van der Waals surface area contributed by atoms with Crippen molar-refractivity contribution in [3.05, 3.63) is 34.3 Å². The van der Waals surface area contributed by atoms with Gasteiger partial charge in [0.2, 0.25) is 0 Å². The third-order valence-electron chi connectivity index (χ3n) is 4.23. The average molecular weight is 340 g/mol. The maximum Gasteiger partial charge on any atom is 0.252 e. The van der Waals surface area contributed by atoms with Gasteiger partial charge in [-0.15, -0.1) is 0 Å². The summed E-state index contributed by atoms with van der Waals surface area (Å²) in [6.45, 7) is 4.78. The van der Waals surface area contributed by atoms with E-state index >= 15 is 0 Å². The van der Waals surface area contributed by atoms with E-state index < -0.39 is 5.60 Å². The Hall–Kier alpha value is -0.870. The number of hydrogen-bond acceptors (Lipinski definition) is 2. The third-order valence-corrected chi connectivity index (χ3v) is 4.92. The lowest BCUT2D eigenvalue weighted by Gasteiger charge is -2.40. The number of aliphatic hydroxyl groups is 1.